The first-order valence-electron chi connectivity index (χ1n) is 6.79. The zero-order valence-corrected chi connectivity index (χ0v) is 12.8. The van der Waals surface area contributed by atoms with Crippen LogP contribution in [0.2, 0.25) is 0 Å². The molecule has 1 heterocycles. The Hall–Kier alpha value is -1.35. The van der Waals surface area contributed by atoms with Crippen molar-refractivity contribution in [3.8, 4) is 11.8 Å². The van der Waals surface area contributed by atoms with Crippen LogP contribution in [0.15, 0.2) is 12.1 Å². The summed E-state index contributed by atoms with van der Waals surface area (Å²) in [6.07, 6.45) is 0.455. The van der Waals surface area contributed by atoms with Crippen molar-refractivity contribution in [1.82, 2.24) is 4.90 Å². The largest absolute Gasteiger partial charge is 0.395 e. The Balaban J connectivity index is 2.64. The van der Waals surface area contributed by atoms with Crippen LogP contribution < -0.4 is 0 Å². The predicted molar refractivity (Wildman–Crippen MR) is 81.0 cm³/mol. The van der Waals surface area contributed by atoms with Gasteiger partial charge in [0.25, 0.3) is 5.91 Å². The fraction of sp³-hybridized carbons (Fsp3) is 0.533. The quantitative estimate of drug-likeness (QED) is 0.618. The van der Waals surface area contributed by atoms with Gasteiger partial charge in [0.1, 0.15) is 0 Å². The summed E-state index contributed by atoms with van der Waals surface area (Å²) < 4.78 is 5.29. The van der Waals surface area contributed by atoms with Crippen LogP contribution in [0.3, 0.4) is 0 Å². The van der Waals surface area contributed by atoms with Crippen molar-refractivity contribution in [3.63, 3.8) is 0 Å². The molecule has 5 heteroatoms. The van der Waals surface area contributed by atoms with Gasteiger partial charge in [-0.1, -0.05) is 11.8 Å². The topological polar surface area (TPSA) is 49.8 Å². The lowest BCUT2D eigenvalue weighted by molar-refractivity contribution is 0.0673. The lowest BCUT2D eigenvalue weighted by atomic mass is 10.3. The molecule has 0 aromatic carbocycles. The summed E-state index contributed by atoms with van der Waals surface area (Å²) >= 11 is 1.39. The van der Waals surface area contributed by atoms with Crippen LogP contribution in [0, 0.1) is 11.8 Å². The molecule has 0 fully saturated rings. The molecular weight excluding hydrogens is 274 g/mol. The third kappa shape index (κ3) is 5.33. The number of aliphatic hydroxyl groups is 1. The lowest BCUT2D eigenvalue weighted by Gasteiger charge is -2.19. The van der Waals surface area contributed by atoms with Crippen molar-refractivity contribution in [2.45, 2.75) is 20.3 Å². The highest BCUT2D eigenvalue weighted by atomic mass is 32.1. The van der Waals surface area contributed by atoms with E-state index in [1.807, 2.05) is 19.9 Å². The number of carbonyl (C=O) groups is 1. The molecule has 0 radical (unpaired) electrons. The second kappa shape index (κ2) is 9.54. The van der Waals surface area contributed by atoms with E-state index in [2.05, 4.69) is 11.8 Å². The van der Waals surface area contributed by atoms with E-state index in [4.69, 9.17) is 9.84 Å². The minimum absolute atomic E-state index is 0.0208. The number of amides is 1. The fourth-order valence-electron chi connectivity index (χ4n) is 1.60. The standard InChI is InChI=1S/C15H21NO3S/c1-3-16(10-12-19-4-2)15(18)14-9-8-13(20-14)7-5-6-11-17/h8-9,17H,3-4,6,10-12H2,1-2H3. The van der Waals surface area contributed by atoms with E-state index < -0.39 is 0 Å². The van der Waals surface area contributed by atoms with Gasteiger partial charge in [0.05, 0.1) is 23.0 Å². The van der Waals surface area contributed by atoms with Crippen LogP contribution in [0.25, 0.3) is 0 Å². The average molecular weight is 295 g/mol. The van der Waals surface area contributed by atoms with Gasteiger partial charge in [0, 0.05) is 26.1 Å². The van der Waals surface area contributed by atoms with Gasteiger partial charge < -0.3 is 14.7 Å². The molecule has 0 aliphatic heterocycles. The maximum absolute atomic E-state index is 12.3. The van der Waals surface area contributed by atoms with E-state index in [0.717, 1.165) is 4.88 Å². The molecule has 1 aromatic rings. The third-order valence-corrected chi connectivity index (χ3v) is 3.63. The van der Waals surface area contributed by atoms with Crippen LogP contribution in [-0.2, 0) is 4.74 Å². The molecule has 1 amide bonds. The van der Waals surface area contributed by atoms with E-state index in [-0.39, 0.29) is 12.5 Å². The fourth-order valence-corrected chi connectivity index (χ4v) is 2.45. The second-order valence-corrected chi connectivity index (χ2v) is 5.10. The van der Waals surface area contributed by atoms with Crippen molar-refractivity contribution in [2.75, 3.05) is 32.9 Å². The number of thiophene rings is 1. The van der Waals surface area contributed by atoms with Gasteiger partial charge >= 0.3 is 0 Å². The van der Waals surface area contributed by atoms with Gasteiger partial charge in [-0.3, -0.25) is 4.79 Å². The zero-order chi connectivity index (χ0) is 14.8. The first-order chi connectivity index (χ1) is 9.72. The van der Waals surface area contributed by atoms with E-state index >= 15 is 0 Å². The number of hydrogen-bond acceptors (Lipinski definition) is 4. The number of likely N-dealkylation sites (N-methyl/N-ethyl adjacent to an activating group) is 1. The van der Waals surface area contributed by atoms with Crippen LogP contribution in [0.4, 0.5) is 0 Å². The summed E-state index contributed by atoms with van der Waals surface area (Å²) in [6.45, 7) is 6.45. The first-order valence-corrected chi connectivity index (χ1v) is 7.61. The Kier molecular flexibility index (Phi) is 7.97. The Labute approximate surface area is 124 Å². The predicted octanol–water partition coefficient (Wildman–Crippen LogP) is 1.98. The molecule has 0 aliphatic rings. The average Bonchev–Trinajstić information content (AvgIpc) is 2.92. The van der Waals surface area contributed by atoms with Crippen LogP contribution in [-0.4, -0.2) is 48.8 Å². The molecule has 110 valence electrons. The van der Waals surface area contributed by atoms with Gasteiger partial charge in [-0.15, -0.1) is 11.3 Å². The van der Waals surface area contributed by atoms with Crippen molar-refractivity contribution >= 4 is 17.2 Å². The molecule has 0 saturated carbocycles. The molecule has 0 unspecified atom stereocenters. The van der Waals surface area contributed by atoms with E-state index in [9.17, 15) is 4.79 Å². The third-order valence-electron chi connectivity index (χ3n) is 2.64. The van der Waals surface area contributed by atoms with Crippen LogP contribution in [0.1, 0.15) is 34.8 Å². The molecule has 4 nitrogen and oxygen atoms in total. The summed E-state index contributed by atoms with van der Waals surface area (Å²) in [5.41, 5.74) is 0. The minimum Gasteiger partial charge on any atom is -0.395 e. The Bertz CT molecular complexity index is 473. The van der Waals surface area contributed by atoms with Crippen molar-refractivity contribution in [3.05, 3.63) is 21.9 Å². The number of nitrogens with zero attached hydrogens (tertiary/aromatic N) is 1. The Morgan fingerprint density at radius 2 is 2.25 bits per heavy atom. The van der Waals surface area contributed by atoms with Gasteiger partial charge in [0.15, 0.2) is 0 Å². The first kappa shape index (κ1) is 16.7. The van der Waals surface area contributed by atoms with Gasteiger partial charge in [-0.25, -0.2) is 0 Å². The molecule has 20 heavy (non-hydrogen) atoms. The van der Waals surface area contributed by atoms with E-state index in [1.54, 1.807) is 11.0 Å². The van der Waals surface area contributed by atoms with Crippen molar-refractivity contribution in [2.24, 2.45) is 0 Å². The summed E-state index contributed by atoms with van der Waals surface area (Å²) in [4.78, 5) is 15.6. The second-order valence-electron chi connectivity index (χ2n) is 4.02. The molecule has 0 aliphatic carbocycles. The normalized spacial score (nSPS) is 9.95. The van der Waals surface area contributed by atoms with Crippen molar-refractivity contribution < 1.29 is 14.6 Å². The smallest absolute Gasteiger partial charge is 0.264 e. The SMILES string of the molecule is CCOCCN(CC)C(=O)c1ccc(C#CCCO)s1. The Morgan fingerprint density at radius 1 is 1.45 bits per heavy atom. The number of aliphatic hydroxyl groups excluding tert-OH is 1. The molecule has 0 bridgehead atoms. The molecule has 1 aromatic heterocycles. The maximum Gasteiger partial charge on any atom is 0.264 e. The molecule has 1 N–H and O–H groups in total. The molecule has 0 atom stereocenters. The van der Waals surface area contributed by atoms with E-state index in [1.165, 1.54) is 11.3 Å². The van der Waals surface area contributed by atoms with Gasteiger partial charge in [0.2, 0.25) is 0 Å². The molecular formula is C15H21NO3S. The number of rotatable bonds is 7. The maximum atomic E-state index is 12.3. The molecule has 1 rings (SSSR count). The lowest BCUT2D eigenvalue weighted by Crippen LogP contribution is -2.33. The summed E-state index contributed by atoms with van der Waals surface area (Å²) in [5, 5.41) is 8.67. The molecule has 0 saturated heterocycles. The van der Waals surface area contributed by atoms with Crippen molar-refractivity contribution in [1.29, 1.82) is 0 Å². The molecule has 0 spiro atoms. The highest BCUT2D eigenvalue weighted by molar-refractivity contribution is 7.14. The number of carbonyl (C=O) groups excluding carboxylic acids is 1. The van der Waals surface area contributed by atoms with Crippen LogP contribution in [0.5, 0.6) is 0 Å². The number of ether oxygens (including phenoxy) is 1. The van der Waals surface area contributed by atoms with Gasteiger partial charge in [-0.05, 0) is 26.0 Å². The summed E-state index contributed by atoms with van der Waals surface area (Å²) in [7, 11) is 0. The minimum atomic E-state index is 0.0208. The summed E-state index contributed by atoms with van der Waals surface area (Å²) in [6, 6.07) is 3.65. The van der Waals surface area contributed by atoms with E-state index in [0.29, 0.717) is 37.6 Å². The highest BCUT2D eigenvalue weighted by Gasteiger charge is 2.15. The van der Waals surface area contributed by atoms with Gasteiger partial charge in [-0.2, -0.15) is 0 Å². The summed E-state index contributed by atoms with van der Waals surface area (Å²) in [5.74, 6) is 5.82. The Morgan fingerprint density at radius 3 is 2.90 bits per heavy atom. The monoisotopic (exact) mass is 295 g/mol. The highest BCUT2D eigenvalue weighted by Crippen LogP contribution is 2.17. The zero-order valence-electron chi connectivity index (χ0n) is 12.0. The van der Waals surface area contributed by atoms with Crippen LogP contribution >= 0.6 is 11.3 Å². The number of hydrogen-bond donors (Lipinski definition) is 1.